The molecule has 7 nitrogen and oxygen atoms in total. The molecule has 1 amide bonds. The minimum absolute atomic E-state index is 0.0653. The Morgan fingerprint density at radius 3 is 2.36 bits per heavy atom. The molecule has 0 saturated carbocycles. The number of rotatable bonds is 11. The molecule has 1 N–H and O–H groups in total. The minimum Gasteiger partial charge on any atom is -0.494 e. The summed E-state index contributed by atoms with van der Waals surface area (Å²) in [6.45, 7) is 8.39. The maximum atomic E-state index is 13.1. The lowest BCUT2D eigenvalue weighted by molar-refractivity contribution is 0.0177. The van der Waals surface area contributed by atoms with E-state index in [0.29, 0.717) is 45.0 Å². The van der Waals surface area contributed by atoms with Crippen molar-refractivity contribution < 1.29 is 24.2 Å². The van der Waals surface area contributed by atoms with Gasteiger partial charge < -0.3 is 24.3 Å². The summed E-state index contributed by atoms with van der Waals surface area (Å²) in [5.74, 6) is 0.684. The average Bonchev–Trinajstić information content (AvgIpc) is 3.05. The number of amides is 1. The van der Waals surface area contributed by atoms with Crippen molar-refractivity contribution >= 4 is 22.6 Å². The van der Waals surface area contributed by atoms with Crippen LogP contribution in [0.1, 0.15) is 56.2 Å². The van der Waals surface area contributed by atoms with E-state index in [1.54, 1.807) is 4.90 Å². The van der Waals surface area contributed by atoms with Crippen LogP contribution in [0.2, 0.25) is 0 Å². The summed E-state index contributed by atoms with van der Waals surface area (Å²) in [7, 11) is 0. The van der Waals surface area contributed by atoms with Crippen LogP contribution in [0.3, 0.4) is 0 Å². The van der Waals surface area contributed by atoms with Gasteiger partial charge in [-0.25, -0.2) is 4.79 Å². The Balaban J connectivity index is 1.25. The molecule has 0 aliphatic carbocycles. The van der Waals surface area contributed by atoms with Crippen LogP contribution >= 0.6 is 0 Å². The molecule has 1 aliphatic heterocycles. The zero-order valence-corrected chi connectivity index (χ0v) is 26.5. The molecule has 0 spiro atoms. The predicted molar refractivity (Wildman–Crippen MR) is 178 cm³/mol. The molecule has 5 rings (SSSR count). The fraction of sp³-hybridized carbons (Fsp3) is 0.368. The Labute approximate surface area is 266 Å². The molecule has 0 bridgehead atoms. The number of ether oxygens (including phenoxy) is 3. The molecule has 236 valence electrons. The van der Waals surface area contributed by atoms with Crippen molar-refractivity contribution in [1.29, 1.82) is 0 Å². The quantitative estimate of drug-likeness (QED) is 0.0803. The molecule has 1 fully saturated rings. The lowest BCUT2D eigenvalue weighted by atomic mass is 9.76. The maximum absolute atomic E-state index is 13.1. The van der Waals surface area contributed by atoms with Crippen LogP contribution in [-0.4, -0.2) is 53.8 Å². The largest absolute Gasteiger partial charge is 0.494 e. The normalized spacial score (nSPS) is 17.3. The number of hydrogen-bond donors (Lipinski definition) is 1. The van der Waals surface area contributed by atoms with Crippen LogP contribution < -0.4 is 4.74 Å². The number of piperidine rings is 1. The van der Waals surface area contributed by atoms with E-state index in [0.717, 1.165) is 46.1 Å². The summed E-state index contributed by atoms with van der Waals surface area (Å²) in [5, 5.41) is 16.5. The zero-order chi connectivity index (χ0) is 31.6. The van der Waals surface area contributed by atoms with Crippen molar-refractivity contribution in [2.24, 2.45) is 11.1 Å². The number of carbonyl (C=O) groups is 1. The van der Waals surface area contributed by atoms with E-state index in [4.69, 9.17) is 14.2 Å². The van der Waals surface area contributed by atoms with E-state index in [2.05, 4.69) is 59.8 Å². The third-order valence-corrected chi connectivity index (χ3v) is 8.14. The van der Waals surface area contributed by atoms with Crippen molar-refractivity contribution in [3.8, 4) is 5.75 Å². The number of benzene rings is 4. The van der Waals surface area contributed by atoms with E-state index in [-0.39, 0.29) is 17.9 Å². The fourth-order valence-corrected chi connectivity index (χ4v) is 5.91. The number of hydrogen-bond acceptors (Lipinski definition) is 6. The van der Waals surface area contributed by atoms with Crippen molar-refractivity contribution in [3.63, 3.8) is 0 Å². The van der Waals surface area contributed by atoms with Gasteiger partial charge in [-0.1, -0.05) is 90.1 Å². The van der Waals surface area contributed by atoms with Crippen LogP contribution in [0.25, 0.3) is 10.8 Å². The topological polar surface area (TPSA) is 80.6 Å². The van der Waals surface area contributed by atoms with Gasteiger partial charge in [-0.15, -0.1) is 0 Å². The Bertz CT molecular complexity index is 1560. The third kappa shape index (κ3) is 9.08. The van der Waals surface area contributed by atoms with Gasteiger partial charge in [0.2, 0.25) is 0 Å². The average molecular weight is 609 g/mol. The van der Waals surface area contributed by atoms with Crippen molar-refractivity contribution in [3.05, 3.63) is 114 Å². The van der Waals surface area contributed by atoms with Crippen molar-refractivity contribution in [2.45, 2.75) is 58.2 Å². The first-order valence-electron chi connectivity index (χ1n) is 15.8. The highest BCUT2D eigenvalue weighted by molar-refractivity contribution is 5.91. The Kier molecular flexibility index (Phi) is 10.7. The minimum atomic E-state index is -0.591. The summed E-state index contributed by atoms with van der Waals surface area (Å²) in [6.07, 6.45) is 1.66. The second-order valence-electron chi connectivity index (χ2n) is 12.7. The standard InChI is InChI=1S/C38H44N2O5/c1-38(2,3)45-37(41)40-21-20-34(35(26-40)36(39-42)25-29-14-15-30-12-7-8-13-32(30)24-29)31-16-18-33(19-17-31)44-23-9-22-43-27-28-10-5-4-6-11-28/h4-8,10-19,24,34-35,42H,9,20-23,25-27H2,1-3H3/b39-36-. The summed E-state index contributed by atoms with van der Waals surface area (Å²) >= 11 is 0. The van der Waals surface area contributed by atoms with Gasteiger partial charge in [-0.05, 0) is 72.7 Å². The van der Waals surface area contributed by atoms with Gasteiger partial charge in [0, 0.05) is 31.8 Å². The van der Waals surface area contributed by atoms with E-state index in [1.165, 1.54) is 0 Å². The Hall–Kier alpha value is -4.36. The SMILES string of the molecule is CC(C)(C)OC(=O)N1CCC(c2ccc(OCCCOCc3ccccc3)cc2)C(/C(Cc2ccc3ccccc3c2)=N\O)C1. The molecule has 7 heteroatoms. The number of likely N-dealkylation sites (tertiary alicyclic amines) is 1. The maximum Gasteiger partial charge on any atom is 0.410 e. The molecule has 2 atom stereocenters. The Morgan fingerprint density at radius 1 is 0.889 bits per heavy atom. The molecule has 1 aliphatic rings. The fourth-order valence-electron chi connectivity index (χ4n) is 5.91. The van der Waals surface area contributed by atoms with Gasteiger partial charge >= 0.3 is 6.09 Å². The van der Waals surface area contributed by atoms with E-state index < -0.39 is 5.60 Å². The smallest absolute Gasteiger partial charge is 0.410 e. The molecular formula is C38H44N2O5. The van der Waals surface area contributed by atoms with Gasteiger partial charge in [0.1, 0.15) is 11.4 Å². The molecule has 1 saturated heterocycles. The van der Waals surface area contributed by atoms with Crippen molar-refractivity contribution in [1.82, 2.24) is 4.90 Å². The highest BCUT2D eigenvalue weighted by atomic mass is 16.6. The summed E-state index contributed by atoms with van der Waals surface area (Å²) in [5.41, 5.74) is 3.41. The van der Waals surface area contributed by atoms with Crippen molar-refractivity contribution in [2.75, 3.05) is 26.3 Å². The van der Waals surface area contributed by atoms with Gasteiger partial charge in [0.15, 0.2) is 0 Å². The zero-order valence-electron chi connectivity index (χ0n) is 26.5. The molecular weight excluding hydrogens is 564 g/mol. The second-order valence-corrected chi connectivity index (χ2v) is 12.7. The van der Waals surface area contributed by atoms with E-state index >= 15 is 0 Å². The molecule has 2 unspecified atom stereocenters. The molecule has 0 aromatic heterocycles. The first-order valence-corrected chi connectivity index (χ1v) is 15.8. The second kappa shape index (κ2) is 15.1. The summed E-state index contributed by atoms with van der Waals surface area (Å²) in [6, 6.07) is 32.9. The summed E-state index contributed by atoms with van der Waals surface area (Å²) < 4.78 is 17.5. The van der Waals surface area contributed by atoms with E-state index in [1.807, 2.05) is 63.2 Å². The van der Waals surface area contributed by atoms with Crippen LogP contribution in [0.4, 0.5) is 4.79 Å². The Morgan fingerprint density at radius 2 is 1.62 bits per heavy atom. The third-order valence-electron chi connectivity index (χ3n) is 8.14. The van der Waals surface area contributed by atoms with Gasteiger partial charge in [-0.3, -0.25) is 0 Å². The van der Waals surface area contributed by atoms with Crippen LogP contribution in [-0.2, 0) is 22.5 Å². The molecule has 0 radical (unpaired) electrons. The van der Waals surface area contributed by atoms with Crippen LogP contribution in [0.5, 0.6) is 5.75 Å². The lowest BCUT2D eigenvalue weighted by Crippen LogP contribution is -2.47. The number of carbonyl (C=O) groups excluding carboxylic acids is 1. The lowest BCUT2D eigenvalue weighted by Gasteiger charge is -2.39. The summed E-state index contributed by atoms with van der Waals surface area (Å²) in [4.78, 5) is 14.8. The predicted octanol–water partition coefficient (Wildman–Crippen LogP) is 8.24. The molecule has 4 aromatic carbocycles. The number of nitrogens with zero attached hydrogens (tertiary/aromatic N) is 2. The molecule has 4 aromatic rings. The molecule has 45 heavy (non-hydrogen) atoms. The van der Waals surface area contributed by atoms with Gasteiger partial charge in [-0.2, -0.15) is 0 Å². The van der Waals surface area contributed by atoms with E-state index in [9.17, 15) is 10.0 Å². The first kappa shape index (κ1) is 32.0. The molecule has 1 heterocycles. The number of oxime groups is 1. The van der Waals surface area contributed by atoms with Crippen LogP contribution in [0.15, 0.2) is 102 Å². The highest BCUT2D eigenvalue weighted by Crippen LogP contribution is 2.36. The van der Waals surface area contributed by atoms with Gasteiger partial charge in [0.25, 0.3) is 0 Å². The highest BCUT2D eigenvalue weighted by Gasteiger charge is 2.37. The van der Waals surface area contributed by atoms with Gasteiger partial charge in [0.05, 0.1) is 25.5 Å². The van der Waals surface area contributed by atoms with Crippen LogP contribution in [0, 0.1) is 5.92 Å². The monoisotopic (exact) mass is 608 g/mol. The number of fused-ring (bicyclic) bond motifs is 1. The first-order chi connectivity index (χ1) is 21.8.